The average molecular weight is 429 g/mol. The highest BCUT2D eigenvalue weighted by Gasteiger charge is 2.33. The highest BCUT2D eigenvalue weighted by atomic mass is 32.2. The molecule has 0 radical (unpaired) electrons. The van der Waals surface area contributed by atoms with Crippen LogP contribution in [0.4, 0.5) is 0 Å². The van der Waals surface area contributed by atoms with Crippen molar-refractivity contribution in [1.82, 2.24) is 9.62 Å². The molecule has 0 atom stereocenters. The van der Waals surface area contributed by atoms with Crippen LogP contribution in [0.1, 0.15) is 43.4 Å². The number of aryl methyl sites for hydroxylation is 2. The summed E-state index contributed by atoms with van der Waals surface area (Å²) < 4.78 is 27.4. The molecule has 1 heterocycles. The van der Waals surface area contributed by atoms with E-state index in [9.17, 15) is 13.2 Å². The molecule has 0 bridgehead atoms. The Morgan fingerprint density at radius 1 is 1.03 bits per heavy atom. The van der Waals surface area contributed by atoms with Crippen LogP contribution in [0.3, 0.4) is 0 Å². The lowest BCUT2D eigenvalue weighted by Gasteiger charge is -2.32. The van der Waals surface area contributed by atoms with Crippen molar-refractivity contribution in [3.05, 3.63) is 65.2 Å². The molecule has 2 aromatic rings. The second-order valence-electron chi connectivity index (χ2n) is 8.89. The monoisotopic (exact) mass is 428 g/mol. The van der Waals surface area contributed by atoms with E-state index in [0.717, 1.165) is 11.1 Å². The maximum atomic E-state index is 13.0. The quantitative estimate of drug-likeness (QED) is 0.761. The van der Waals surface area contributed by atoms with Crippen LogP contribution in [0.5, 0.6) is 0 Å². The standard InChI is InChI=1S/C24H32N2O3S/c1-18-10-11-22(16-19(18)2)30(28,29)26-14-12-20(13-15-26)23(27)25-17-24(3,4)21-8-6-5-7-9-21/h5-11,16,20H,12-15,17H2,1-4H3,(H,25,27). The minimum atomic E-state index is -3.52. The first-order valence-electron chi connectivity index (χ1n) is 10.5. The van der Waals surface area contributed by atoms with Gasteiger partial charge in [0.15, 0.2) is 0 Å². The van der Waals surface area contributed by atoms with E-state index in [0.29, 0.717) is 37.4 Å². The fourth-order valence-electron chi connectivity index (χ4n) is 3.83. The first kappa shape index (κ1) is 22.5. The third-order valence-corrected chi connectivity index (χ3v) is 8.10. The van der Waals surface area contributed by atoms with E-state index in [1.807, 2.05) is 38.1 Å². The zero-order chi connectivity index (χ0) is 21.9. The molecule has 0 aromatic heterocycles. The molecule has 1 fully saturated rings. The molecule has 6 heteroatoms. The second kappa shape index (κ2) is 8.90. The van der Waals surface area contributed by atoms with E-state index < -0.39 is 10.0 Å². The Balaban J connectivity index is 1.57. The molecule has 0 saturated carbocycles. The molecule has 1 aliphatic heterocycles. The van der Waals surface area contributed by atoms with Crippen LogP contribution in [0, 0.1) is 19.8 Å². The average Bonchev–Trinajstić information content (AvgIpc) is 2.74. The number of nitrogens with zero attached hydrogens (tertiary/aromatic N) is 1. The number of hydrogen-bond donors (Lipinski definition) is 1. The molecule has 0 aliphatic carbocycles. The fraction of sp³-hybridized carbons (Fsp3) is 0.458. The first-order chi connectivity index (χ1) is 14.1. The van der Waals surface area contributed by atoms with Gasteiger partial charge in [-0.05, 0) is 55.5 Å². The van der Waals surface area contributed by atoms with Gasteiger partial charge >= 0.3 is 0 Å². The van der Waals surface area contributed by atoms with Gasteiger partial charge in [0.05, 0.1) is 4.90 Å². The third kappa shape index (κ3) is 4.93. The van der Waals surface area contributed by atoms with Crippen molar-refractivity contribution in [2.75, 3.05) is 19.6 Å². The van der Waals surface area contributed by atoms with Crippen LogP contribution < -0.4 is 5.32 Å². The Hall–Kier alpha value is -2.18. The molecule has 5 nitrogen and oxygen atoms in total. The van der Waals surface area contributed by atoms with Crippen molar-refractivity contribution >= 4 is 15.9 Å². The Morgan fingerprint density at radius 3 is 2.27 bits per heavy atom. The van der Waals surface area contributed by atoms with Crippen molar-refractivity contribution in [1.29, 1.82) is 0 Å². The highest BCUT2D eigenvalue weighted by Crippen LogP contribution is 2.26. The smallest absolute Gasteiger partial charge is 0.243 e. The summed E-state index contributed by atoms with van der Waals surface area (Å²) in [4.78, 5) is 13.0. The molecule has 1 N–H and O–H groups in total. The minimum Gasteiger partial charge on any atom is -0.355 e. The lowest BCUT2D eigenvalue weighted by atomic mass is 9.84. The van der Waals surface area contributed by atoms with Crippen LogP contribution in [-0.2, 0) is 20.2 Å². The summed E-state index contributed by atoms with van der Waals surface area (Å²) >= 11 is 0. The van der Waals surface area contributed by atoms with Gasteiger partial charge in [0.1, 0.15) is 0 Å². The number of amides is 1. The Bertz CT molecular complexity index is 992. The van der Waals surface area contributed by atoms with E-state index in [2.05, 4.69) is 31.3 Å². The first-order valence-corrected chi connectivity index (χ1v) is 12.0. The zero-order valence-electron chi connectivity index (χ0n) is 18.3. The zero-order valence-corrected chi connectivity index (χ0v) is 19.1. The number of carbonyl (C=O) groups is 1. The van der Waals surface area contributed by atoms with Gasteiger partial charge < -0.3 is 5.32 Å². The third-order valence-electron chi connectivity index (χ3n) is 6.20. The fourth-order valence-corrected chi connectivity index (χ4v) is 5.38. The van der Waals surface area contributed by atoms with E-state index in [-0.39, 0.29) is 17.2 Å². The summed E-state index contributed by atoms with van der Waals surface area (Å²) in [6.07, 6.45) is 1.09. The molecule has 162 valence electrons. The number of rotatable bonds is 6. The van der Waals surface area contributed by atoms with Crippen LogP contribution in [-0.4, -0.2) is 38.3 Å². The summed E-state index contributed by atoms with van der Waals surface area (Å²) in [6.45, 7) is 9.40. The van der Waals surface area contributed by atoms with Gasteiger partial charge in [-0.15, -0.1) is 0 Å². The maximum Gasteiger partial charge on any atom is 0.243 e. The van der Waals surface area contributed by atoms with Crippen molar-refractivity contribution in [2.45, 2.75) is 50.8 Å². The molecule has 3 rings (SSSR count). The molecule has 1 aliphatic rings. The summed E-state index contributed by atoms with van der Waals surface area (Å²) in [5, 5.41) is 3.08. The Kier molecular flexibility index (Phi) is 6.68. The molecule has 2 aromatic carbocycles. The largest absolute Gasteiger partial charge is 0.355 e. The molecule has 30 heavy (non-hydrogen) atoms. The van der Waals surface area contributed by atoms with Gasteiger partial charge in [0, 0.05) is 31.0 Å². The van der Waals surface area contributed by atoms with Crippen LogP contribution in [0.15, 0.2) is 53.4 Å². The SMILES string of the molecule is Cc1ccc(S(=O)(=O)N2CCC(C(=O)NCC(C)(C)c3ccccc3)CC2)cc1C. The predicted octanol–water partition coefficient (Wildman–Crippen LogP) is 3.80. The lowest BCUT2D eigenvalue weighted by molar-refractivity contribution is -0.126. The van der Waals surface area contributed by atoms with Crippen LogP contribution >= 0.6 is 0 Å². The molecular formula is C24H32N2O3S. The Labute approximate surface area is 180 Å². The van der Waals surface area contributed by atoms with Gasteiger partial charge in [-0.25, -0.2) is 8.42 Å². The number of nitrogens with one attached hydrogen (secondary N) is 1. The molecule has 1 amide bonds. The van der Waals surface area contributed by atoms with Gasteiger partial charge in [0.25, 0.3) is 0 Å². The summed E-state index contributed by atoms with van der Waals surface area (Å²) in [5.74, 6) is -0.134. The van der Waals surface area contributed by atoms with E-state index in [1.165, 1.54) is 9.87 Å². The number of carbonyl (C=O) groups excluding carboxylic acids is 1. The number of piperidine rings is 1. The summed E-state index contributed by atoms with van der Waals surface area (Å²) in [5.41, 5.74) is 3.05. The van der Waals surface area contributed by atoms with Crippen molar-refractivity contribution in [3.63, 3.8) is 0 Å². The maximum absolute atomic E-state index is 13.0. The van der Waals surface area contributed by atoms with Gasteiger partial charge in [-0.3, -0.25) is 4.79 Å². The summed E-state index contributed by atoms with van der Waals surface area (Å²) in [6, 6.07) is 15.4. The van der Waals surface area contributed by atoms with Crippen molar-refractivity contribution in [2.24, 2.45) is 5.92 Å². The number of benzene rings is 2. The normalized spacial score (nSPS) is 16.4. The summed E-state index contributed by atoms with van der Waals surface area (Å²) in [7, 11) is -3.52. The number of sulfonamides is 1. The van der Waals surface area contributed by atoms with Gasteiger partial charge in [-0.1, -0.05) is 50.2 Å². The van der Waals surface area contributed by atoms with Crippen LogP contribution in [0.25, 0.3) is 0 Å². The highest BCUT2D eigenvalue weighted by molar-refractivity contribution is 7.89. The second-order valence-corrected chi connectivity index (χ2v) is 10.8. The van der Waals surface area contributed by atoms with Crippen molar-refractivity contribution in [3.8, 4) is 0 Å². The van der Waals surface area contributed by atoms with Crippen molar-refractivity contribution < 1.29 is 13.2 Å². The van der Waals surface area contributed by atoms with E-state index in [1.54, 1.807) is 12.1 Å². The minimum absolute atomic E-state index is 0.0160. The number of hydrogen-bond acceptors (Lipinski definition) is 3. The molecular weight excluding hydrogens is 396 g/mol. The molecule has 0 unspecified atom stereocenters. The lowest BCUT2D eigenvalue weighted by Crippen LogP contribution is -2.45. The van der Waals surface area contributed by atoms with Gasteiger partial charge in [-0.2, -0.15) is 4.31 Å². The van der Waals surface area contributed by atoms with Crippen LogP contribution in [0.2, 0.25) is 0 Å². The molecule has 1 saturated heterocycles. The predicted molar refractivity (Wildman–Crippen MR) is 120 cm³/mol. The van der Waals surface area contributed by atoms with E-state index >= 15 is 0 Å². The topological polar surface area (TPSA) is 66.5 Å². The van der Waals surface area contributed by atoms with E-state index in [4.69, 9.17) is 0 Å². The Morgan fingerprint density at radius 2 is 1.67 bits per heavy atom. The molecule has 0 spiro atoms. The van der Waals surface area contributed by atoms with Gasteiger partial charge in [0.2, 0.25) is 15.9 Å².